The Morgan fingerprint density at radius 3 is 2.79 bits per heavy atom. The lowest BCUT2D eigenvalue weighted by Gasteiger charge is -2.10. The van der Waals surface area contributed by atoms with Crippen LogP contribution < -0.4 is 5.32 Å². The van der Waals surface area contributed by atoms with Crippen LogP contribution >= 0.6 is 12.4 Å². The van der Waals surface area contributed by atoms with E-state index in [4.69, 9.17) is 6.85 Å². The van der Waals surface area contributed by atoms with E-state index in [9.17, 15) is 4.79 Å². The second-order valence-corrected chi connectivity index (χ2v) is 2.72. The third-order valence-electron chi connectivity index (χ3n) is 1.74. The zero-order valence-corrected chi connectivity index (χ0v) is 8.60. The number of halogens is 1. The molecule has 2 nitrogen and oxygen atoms in total. The first-order valence-corrected chi connectivity index (χ1v) is 4.02. The van der Waals surface area contributed by atoms with E-state index in [2.05, 4.69) is 5.32 Å². The van der Waals surface area contributed by atoms with E-state index in [0.717, 1.165) is 0 Å². The Hall–Kier alpha value is -0.860. The molecule has 0 heterocycles. The number of nitrogens with one attached hydrogen (secondary N) is 1. The van der Waals surface area contributed by atoms with Crippen LogP contribution in [0.25, 0.3) is 0 Å². The normalized spacial score (nSPS) is 18.8. The van der Waals surface area contributed by atoms with Gasteiger partial charge in [-0.15, -0.1) is 12.4 Å². The van der Waals surface area contributed by atoms with Crippen molar-refractivity contribution in [2.24, 2.45) is 0 Å². The molecule has 0 saturated heterocycles. The molecular weight excluding hydrogens is 198 g/mol. The molecule has 0 spiro atoms. The summed E-state index contributed by atoms with van der Waals surface area (Å²) in [5.41, 5.74) is 0.416. The van der Waals surface area contributed by atoms with Crippen molar-refractivity contribution >= 4 is 18.2 Å². The van der Waals surface area contributed by atoms with Gasteiger partial charge in [0, 0.05) is 12.4 Å². The summed E-state index contributed by atoms with van der Waals surface area (Å²) in [6.07, 6.45) is 0. The van der Waals surface area contributed by atoms with E-state index in [0.29, 0.717) is 5.56 Å². The fourth-order valence-corrected chi connectivity index (χ4v) is 1.03. The highest BCUT2D eigenvalue weighted by molar-refractivity contribution is 5.99. The Labute approximate surface area is 98.1 Å². The van der Waals surface area contributed by atoms with Gasteiger partial charge < -0.3 is 5.32 Å². The number of rotatable bonds is 4. The highest BCUT2D eigenvalue weighted by atomic mass is 35.5. The van der Waals surface area contributed by atoms with Crippen LogP contribution in [0.1, 0.15) is 31.0 Å². The van der Waals surface area contributed by atoms with E-state index < -0.39 is 19.4 Å². The number of likely N-dealkylation sites (N-methyl/N-ethyl adjacent to an activating group) is 1. The van der Waals surface area contributed by atoms with Gasteiger partial charge in [0.05, 0.1) is 6.04 Å². The Bertz CT molecular complexity index is 421. The van der Waals surface area contributed by atoms with Crippen molar-refractivity contribution in [1.82, 2.24) is 5.32 Å². The number of carbonyl (C=O) groups excluding carboxylic acids is 1. The van der Waals surface area contributed by atoms with E-state index in [1.54, 1.807) is 30.3 Å². The summed E-state index contributed by atoms with van der Waals surface area (Å²) in [6, 6.07) is 7.44. The second kappa shape index (κ2) is 6.57. The third-order valence-corrected chi connectivity index (χ3v) is 1.74. The van der Waals surface area contributed by atoms with Crippen LogP contribution in [0.4, 0.5) is 0 Å². The molecule has 0 aliphatic carbocycles. The maximum Gasteiger partial charge on any atom is 0.179 e. The van der Waals surface area contributed by atoms with Crippen LogP contribution in [0.5, 0.6) is 0 Å². The maximum atomic E-state index is 11.9. The van der Waals surface area contributed by atoms with Crippen LogP contribution in [0.3, 0.4) is 0 Å². The van der Waals surface area contributed by atoms with Crippen molar-refractivity contribution in [2.45, 2.75) is 19.8 Å². The van der Waals surface area contributed by atoms with Gasteiger partial charge in [-0.1, -0.05) is 37.2 Å². The summed E-state index contributed by atoms with van der Waals surface area (Å²) < 4.78 is 36.0. The number of ketones is 1. The molecule has 0 saturated carbocycles. The monoisotopic (exact) mass is 218 g/mol. The third kappa shape index (κ3) is 3.48. The molecule has 1 unspecified atom stereocenters. The lowest BCUT2D eigenvalue weighted by Crippen LogP contribution is -2.33. The Balaban J connectivity index is 0.00000324. The molecule has 0 radical (unpaired) electrons. The molecule has 1 atom stereocenters. The molecule has 0 amide bonds. The Morgan fingerprint density at radius 2 is 2.21 bits per heavy atom. The molecule has 78 valence electrons. The summed E-state index contributed by atoms with van der Waals surface area (Å²) in [4.78, 5) is 11.9. The van der Waals surface area contributed by atoms with Gasteiger partial charge in [-0.3, -0.25) is 4.79 Å². The Kier molecular flexibility index (Phi) is 3.09. The topological polar surface area (TPSA) is 29.1 Å². The standard InChI is InChI=1S/C11H15NO.ClH/c1-3-12-9(2)11(13)10-7-5-4-6-8-10;/h4-9,12H,3H2,1-2H3;1H/i1D3,3D2;. The van der Waals surface area contributed by atoms with Crippen LogP contribution in [-0.2, 0) is 0 Å². The van der Waals surface area contributed by atoms with Crippen molar-refractivity contribution < 1.29 is 11.6 Å². The molecule has 1 rings (SSSR count). The van der Waals surface area contributed by atoms with Gasteiger partial charge in [0.15, 0.2) is 5.78 Å². The number of Topliss-reactive ketones (excluding diaryl/α,β-unsaturated/α-hetero) is 1. The highest BCUT2D eigenvalue weighted by Crippen LogP contribution is 2.02. The summed E-state index contributed by atoms with van der Waals surface area (Å²) in [5, 5.41) is 2.22. The first-order valence-electron chi connectivity index (χ1n) is 6.52. The zero-order chi connectivity index (χ0) is 14.0. The van der Waals surface area contributed by atoms with Crippen molar-refractivity contribution in [3.05, 3.63) is 35.9 Å². The summed E-state index contributed by atoms with van der Waals surface area (Å²) >= 11 is 0. The summed E-state index contributed by atoms with van der Waals surface area (Å²) in [6.45, 7) is -3.98. The zero-order valence-electron chi connectivity index (χ0n) is 12.8. The minimum absolute atomic E-state index is 0. The van der Waals surface area contributed by atoms with Crippen LogP contribution in [0.2, 0.25) is 0 Å². The van der Waals surface area contributed by atoms with E-state index >= 15 is 0 Å². The van der Waals surface area contributed by atoms with Crippen molar-refractivity contribution in [3.63, 3.8) is 0 Å². The van der Waals surface area contributed by atoms with Gasteiger partial charge in [0.1, 0.15) is 0 Å². The molecule has 0 aliphatic rings. The van der Waals surface area contributed by atoms with Gasteiger partial charge in [-0.05, 0) is 13.4 Å². The first-order chi connectivity index (χ1) is 8.15. The fourth-order valence-electron chi connectivity index (χ4n) is 1.03. The molecule has 1 N–H and O–H groups in total. The predicted molar refractivity (Wildman–Crippen MR) is 61.2 cm³/mol. The number of hydrogen-bond donors (Lipinski definition) is 1. The SMILES string of the molecule is Cl.[2H]C([2H])([2H])C([2H])([2H])NC(C)C(=O)c1ccccc1. The minimum atomic E-state index is -2.82. The fraction of sp³-hybridized carbons (Fsp3) is 0.364. The number of benzene rings is 1. The number of hydrogen-bond acceptors (Lipinski definition) is 2. The van der Waals surface area contributed by atoms with Crippen LogP contribution in [0.15, 0.2) is 30.3 Å². The molecule has 0 aromatic heterocycles. The maximum absolute atomic E-state index is 11.9. The van der Waals surface area contributed by atoms with E-state index in [1.165, 1.54) is 6.92 Å². The smallest absolute Gasteiger partial charge is 0.179 e. The first kappa shape index (κ1) is 6.59. The van der Waals surface area contributed by atoms with Crippen molar-refractivity contribution in [2.75, 3.05) is 6.50 Å². The molecule has 0 bridgehead atoms. The van der Waals surface area contributed by atoms with E-state index in [-0.39, 0.29) is 18.2 Å². The van der Waals surface area contributed by atoms with Gasteiger partial charge in [0.2, 0.25) is 0 Å². The average molecular weight is 219 g/mol. The Morgan fingerprint density at radius 1 is 1.57 bits per heavy atom. The van der Waals surface area contributed by atoms with Crippen molar-refractivity contribution in [3.8, 4) is 0 Å². The molecular formula is C11H16ClNO. The number of carbonyl (C=O) groups is 1. The van der Waals surface area contributed by atoms with Crippen LogP contribution in [-0.4, -0.2) is 18.3 Å². The minimum Gasteiger partial charge on any atom is -0.308 e. The molecule has 1 aromatic rings. The summed E-state index contributed by atoms with van der Waals surface area (Å²) in [5.74, 6) is -0.344. The average Bonchev–Trinajstić information content (AvgIpc) is 2.27. The largest absolute Gasteiger partial charge is 0.308 e. The van der Waals surface area contributed by atoms with Gasteiger partial charge >= 0.3 is 0 Å². The molecule has 0 aliphatic heterocycles. The highest BCUT2D eigenvalue weighted by Gasteiger charge is 2.12. The lowest BCUT2D eigenvalue weighted by molar-refractivity contribution is 0.0952. The summed E-state index contributed by atoms with van der Waals surface area (Å²) in [7, 11) is 0. The lowest BCUT2D eigenvalue weighted by atomic mass is 10.1. The van der Waals surface area contributed by atoms with Crippen LogP contribution in [0, 0.1) is 0 Å². The molecule has 14 heavy (non-hydrogen) atoms. The second-order valence-electron chi connectivity index (χ2n) is 2.72. The molecule has 1 aromatic carbocycles. The van der Waals surface area contributed by atoms with Gasteiger partial charge in [-0.2, -0.15) is 0 Å². The quantitative estimate of drug-likeness (QED) is 0.786. The van der Waals surface area contributed by atoms with Crippen molar-refractivity contribution in [1.29, 1.82) is 0 Å². The van der Waals surface area contributed by atoms with Gasteiger partial charge in [-0.25, -0.2) is 0 Å². The van der Waals surface area contributed by atoms with E-state index in [1.807, 2.05) is 0 Å². The molecule has 3 heteroatoms. The predicted octanol–water partition coefficient (Wildman–Crippen LogP) is 2.29. The molecule has 0 fully saturated rings. The van der Waals surface area contributed by atoms with Gasteiger partial charge in [0.25, 0.3) is 0 Å².